The predicted octanol–water partition coefficient (Wildman–Crippen LogP) is 2.65. The Morgan fingerprint density at radius 1 is 1.17 bits per heavy atom. The number of hydrogen-bond donors (Lipinski definition) is 2. The molecule has 0 bridgehead atoms. The fourth-order valence-corrected chi connectivity index (χ4v) is 3.49. The molecule has 1 saturated heterocycles. The van der Waals surface area contributed by atoms with Crippen LogP contribution in [0.2, 0.25) is 0 Å². The molecule has 8 nitrogen and oxygen atoms in total. The Kier molecular flexibility index (Phi) is 6.85. The molecule has 2 aromatic rings. The number of anilines is 1. The summed E-state index contributed by atoms with van der Waals surface area (Å²) in [5.74, 6) is 0.695. The van der Waals surface area contributed by atoms with Gasteiger partial charge in [-0.25, -0.2) is 0 Å². The number of nitrogens with zero attached hydrogens (tertiary/aromatic N) is 2. The maximum absolute atomic E-state index is 12.1. The number of thioether (sulfide) groups is 1. The number of nitrogens with one attached hydrogen (secondary N) is 2. The Hall–Kier alpha value is -3.33. The van der Waals surface area contributed by atoms with E-state index in [1.54, 1.807) is 38.5 Å². The normalized spacial score (nSPS) is 17.4. The molecule has 29 heavy (non-hydrogen) atoms. The van der Waals surface area contributed by atoms with E-state index in [0.717, 1.165) is 5.56 Å². The standard InChI is InChI=1S/C20H20N4O4S/c1-27-15-9-8-13(10-16(15)28-2)12-21-24-20-23-19(26)17(29-20)11-18(25)22-14-6-4-3-5-7-14/h3-10,12,17H,11H2,1-2H3,(H,22,25)(H,23,24,26)/b21-12-/t17-/m1/s1. The molecule has 150 valence electrons. The fraction of sp³-hybridized carbons (Fsp3) is 0.200. The number of ether oxygens (including phenoxy) is 2. The van der Waals surface area contributed by atoms with E-state index in [2.05, 4.69) is 20.8 Å². The van der Waals surface area contributed by atoms with Gasteiger partial charge in [0.15, 0.2) is 16.7 Å². The van der Waals surface area contributed by atoms with Gasteiger partial charge in [-0.15, -0.1) is 5.10 Å². The van der Waals surface area contributed by atoms with Gasteiger partial charge in [-0.05, 0) is 35.9 Å². The van der Waals surface area contributed by atoms with Crippen molar-refractivity contribution in [3.63, 3.8) is 0 Å². The molecule has 0 aromatic heterocycles. The summed E-state index contributed by atoms with van der Waals surface area (Å²) in [6.45, 7) is 0. The zero-order valence-electron chi connectivity index (χ0n) is 15.9. The van der Waals surface area contributed by atoms with Crippen molar-refractivity contribution in [2.24, 2.45) is 10.2 Å². The number of amidine groups is 1. The topological polar surface area (TPSA) is 101 Å². The average molecular weight is 412 g/mol. The first-order chi connectivity index (χ1) is 14.1. The highest BCUT2D eigenvalue weighted by atomic mass is 32.2. The van der Waals surface area contributed by atoms with Gasteiger partial charge in [-0.3, -0.25) is 9.59 Å². The van der Waals surface area contributed by atoms with Gasteiger partial charge in [0.2, 0.25) is 11.8 Å². The van der Waals surface area contributed by atoms with Gasteiger partial charge in [0, 0.05) is 12.1 Å². The molecule has 0 aliphatic carbocycles. The smallest absolute Gasteiger partial charge is 0.240 e. The molecule has 0 unspecified atom stereocenters. The highest BCUT2D eigenvalue weighted by Gasteiger charge is 2.32. The Morgan fingerprint density at radius 2 is 1.93 bits per heavy atom. The fourth-order valence-electron chi connectivity index (χ4n) is 2.57. The molecule has 1 aliphatic rings. The zero-order valence-corrected chi connectivity index (χ0v) is 16.7. The number of amides is 2. The second-order valence-corrected chi connectivity index (χ2v) is 7.17. The molecular weight excluding hydrogens is 392 g/mol. The summed E-state index contributed by atoms with van der Waals surface area (Å²) < 4.78 is 10.4. The molecule has 0 spiro atoms. The minimum Gasteiger partial charge on any atom is -0.493 e. The molecule has 3 rings (SSSR count). The number of para-hydroxylation sites is 1. The van der Waals surface area contributed by atoms with Gasteiger partial charge in [0.05, 0.1) is 20.4 Å². The van der Waals surface area contributed by atoms with Crippen molar-refractivity contribution in [2.45, 2.75) is 11.7 Å². The van der Waals surface area contributed by atoms with Crippen LogP contribution in [0.1, 0.15) is 12.0 Å². The maximum atomic E-state index is 12.1. The van der Waals surface area contributed by atoms with E-state index in [1.165, 1.54) is 18.0 Å². The molecule has 1 fully saturated rings. The van der Waals surface area contributed by atoms with Crippen molar-refractivity contribution < 1.29 is 19.1 Å². The first kappa shape index (κ1) is 20.4. The third kappa shape index (κ3) is 5.58. The number of hydrogen-bond acceptors (Lipinski definition) is 7. The zero-order chi connectivity index (χ0) is 20.6. The Morgan fingerprint density at radius 3 is 2.66 bits per heavy atom. The van der Waals surface area contributed by atoms with Crippen molar-refractivity contribution >= 4 is 40.6 Å². The van der Waals surface area contributed by atoms with Crippen molar-refractivity contribution in [1.29, 1.82) is 0 Å². The molecule has 2 amide bonds. The summed E-state index contributed by atoms with van der Waals surface area (Å²) in [5, 5.41) is 13.2. The predicted molar refractivity (Wildman–Crippen MR) is 114 cm³/mol. The first-order valence-corrected chi connectivity index (χ1v) is 9.62. The van der Waals surface area contributed by atoms with Gasteiger partial charge < -0.3 is 20.1 Å². The van der Waals surface area contributed by atoms with Gasteiger partial charge in [-0.2, -0.15) is 5.10 Å². The maximum Gasteiger partial charge on any atom is 0.240 e. The lowest BCUT2D eigenvalue weighted by Crippen LogP contribution is -2.28. The second-order valence-electron chi connectivity index (χ2n) is 5.98. The number of methoxy groups -OCH3 is 2. The van der Waals surface area contributed by atoms with E-state index in [-0.39, 0.29) is 18.2 Å². The Balaban J connectivity index is 1.57. The minimum atomic E-state index is -0.547. The van der Waals surface area contributed by atoms with Crippen LogP contribution in [0, 0.1) is 0 Å². The van der Waals surface area contributed by atoms with Crippen molar-refractivity contribution in [3.05, 3.63) is 54.1 Å². The van der Waals surface area contributed by atoms with Crippen LogP contribution >= 0.6 is 11.8 Å². The van der Waals surface area contributed by atoms with E-state index in [0.29, 0.717) is 22.4 Å². The minimum absolute atomic E-state index is 0.0454. The molecular formula is C20H20N4O4S. The summed E-state index contributed by atoms with van der Waals surface area (Å²) in [7, 11) is 3.12. The molecule has 9 heteroatoms. The van der Waals surface area contributed by atoms with E-state index in [9.17, 15) is 9.59 Å². The van der Waals surface area contributed by atoms with Gasteiger partial charge in [-0.1, -0.05) is 30.0 Å². The van der Waals surface area contributed by atoms with Crippen LogP contribution in [0.15, 0.2) is 58.7 Å². The van der Waals surface area contributed by atoms with Crippen molar-refractivity contribution in [3.8, 4) is 11.5 Å². The van der Waals surface area contributed by atoms with Gasteiger partial charge >= 0.3 is 0 Å². The Labute approximate surface area is 172 Å². The monoisotopic (exact) mass is 412 g/mol. The number of rotatable bonds is 7. The van der Waals surface area contributed by atoms with E-state index < -0.39 is 5.25 Å². The molecule has 2 aromatic carbocycles. The van der Waals surface area contributed by atoms with Gasteiger partial charge in [0.1, 0.15) is 5.25 Å². The van der Waals surface area contributed by atoms with Crippen LogP contribution in [0.25, 0.3) is 0 Å². The quantitative estimate of drug-likeness (QED) is 0.538. The van der Waals surface area contributed by atoms with Crippen LogP contribution < -0.4 is 20.1 Å². The Bertz CT molecular complexity index is 947. The van der Waals surface area contributed by atoms with Crippen LogP contribution in [-0.2, 0) is 9.59 Å². The summed E-state index contributed by atoms with van der Waals surface area (Å²) >= 11 is 1.18. The molecule has 1 atom stereocenters. The average Bonchev–Trinajstić information content (AvgIpc) is 3.07. The molecule has 0 radical (unpaired) electrons. The number of carbonyl (C=O) groups is 2. The summed E-state index contributed by atoms with van der Waals surface area (Å²) in [4.78, 5) is 24.2. The summed E-state index contributed by atoms with van der Waals surface area (Å²) in [6.07, 6.45) is 1.58. The lowest BCUT2D eigenvalue weighted by Gasteiger charge is -2.07. The lowest BCUT2D eigenvalue weighted by molar-refractivity contribution is -0.122. The molecule has 0 saturated carbocycles. The highest BCUT2D eigenvalue weighted by molar-refractivity contribution is 8.15. The van der Waals surface area contributed by atoms with Crippen LogP contribution in [0.5, 0.6) is 11.5 Å². The number of benzene rings is 2. The highest BCUT2D eigenvalue weighted by Crippen LogP contribution is 2.27. The van der Waals surface area contributed by atoms with E-state index >= 15 is 0 Å². The van der Waals surface area contributed by atoms with Crippen molar-refractivity contribution in [1.82, 2.24) is 5.32 Å². The first-order valence-electron chi connectivity index (χ1n) is 8.74. The summed E-state index contributed by atoms with van der Waals surface area (Å²) in [5.41, 5.74) is 1.45. The second kappa shape index (κ2) is 9.74. The van der Waals surface area contributed by atoms with Gasteiger partial charge in [0.25, 0.3) is 0 Å². The largest absolute Gasteiger partial charge is 0.493 e. The SMILES string of the molecule is COc1ccc(/C=N\N=C2/NC(=O)[C@@H](CC(=O)Nc3ccccc3)S2)cc1OC. The number of carbonyl (C=O) groups excluding carboxylic acids is 2. The van der Waals surface area contributed by atoms with E-state index in [4.69, 9.17) is 9.47 Å². The van der Waals surface area contributed by atoms with Crippen molar-refractivity contribution in [2.75, 3.05) is 19.5 Å². The van der Waals surface area contributed by atoms with Crippen LogP contribution in [0.3, 0.4) is 0 Å². The summed E-state index contributed by atoms with van der Waals surface area (Å²) in [6, 6.07) is 14.4. The third-order valence-electron chi connectivity index (χ3n) is 3.97. The lowest BCUT2D eigenvalue weighted by atomic mass is 10.2. The molecule has 1 aliphatic heterocycles. The van der Waals surface area contributed by atoms with Crippen LogP contribution in [0.4, 0.5) is 5.69 Å². The molecule has 2 N–H and O–H groups in total. The third-order valence-corrected chi connectivity index (χ3v) is 5.04. The molecule has 1 heterocycles. The van der Waals surface area contributed by atoms with E-state index in [1.807, 2.05) is 24.3 Å². The van der Waals surface area contributed by atoms with Crippen LogP contribution in [-0.4, -0.2) is 42.7 Å².